The third-order valence-electron chi connectivity index (χ3n) is 3.74. The Morgan fingerprint density at radius 2 is 1.90 bits per heavy atom. The molecule has 1 heterocycles. The number of hydrogen-bond acceptors (Lipinski definition) is 3. The molecule has 0 aliphatic rings. The van der Waals surface area contributed by atoms with Crippen LogP contribution in [-0.4, -0.2) is 17.8 Å². The average molecular weight is 275 g/mol. The van der Waals surface area contributed by atoms with E-state index >= 15 is 0 Å². The molecule has 20 heavy (non-hydrogen) atoms. The van der Waals surface area contributed by atoms with Gasteiger partial charge in [0.2, 0.25) is 0 Å². The van der Waals surface area contributed by atoms with Crippen LogP contribution in [0.2, 0.25) is 0 Å². The lowest BCUT2D eigenvalue weighted by molar-refractivity contribution is 0.211. The molecule has 1 aromatic heterocycles. The van der Waals surface area contributed by atoms with Crippen molar-refractivity contribution in [1.82, 2.24) is 5.32 Å². The quantitative estimate of drug-likeness (QED) is 0.843. The van der Waals surface area contributed by atoms with Gasteiger partial charge in [-0.2, -0.15) is 0 Å². The van der Waals surface area contributed by atoms with Crippen molar-refractivity contribution >= 4 is 11.0 Å². The average Bonchev–Trinajstić information content (AvgIpc) is 2.75. The van der Waals surface area contributed by atoms with Gasteiger partial charge in [-0.25, -0.2) is 0 Å². The lowest BCUT2D eigenvalue weighted by Gasteiger charge is -2.22. The van der Waals surface area contributed by atoms with E-state index in [-0.39, 0.29) is 18.7 Å². The minimum absolute atomic E-state index is 0.0956. The maximum absolute atomic E-state index is 9.49. The summed E-state index contributed by atoms with van der Waals surface area (Å²) >= 11 is 0. The highest BCUT2D eigenvalue weighted by Crippen LogP contribution is 2.29. The number of furan rings is 1. The molecule has 3 heteroatoms. The molecule has 0 saturated carbocycles. The molecule has 2 N–H and O–H groups in total. The molecule has 0 aliphatic heterocycles. The largest absolute Gasteiger partial charge is 0.459 e. The summed E-state index contributed by atoms with van der Waals surface area (Å²) in [5, 5.41) is 14.1. The number of fused-ring (bicyclic) bond motifs is 1. The zero-order valence-electron chi connectivity index (χ0n) is 12.8. The Bertz CT molecular complexity index is 559. The monoisotopic (exact) mass is 275 g/mol. The minimum Gasteiger partial charge on any atom is -0.459 e. The van der Waals surface area contributed by atoms with Crippen LogP contribution in [0, 0.1) is 12.8 Å². The third-order valence-corrected chi connectivity index (χ3v) is 3.74. The van der Waals surface area contributed by atoms with E-state index in [1.807, 2.05) is 18.2 Å². The molecule has 1 aromatic carbocycles. The van der Waals surface area contributed by atoms with Crippen LogP contribution >= 0.6 is 0 Å². The Morgan fingerprint density at radius 1 is 1.20 bits per heavy atom. The molecule has 2 aromatic rings. The molecule has 3 nitrogen and oxygen atoms in total. The van der Waals surface area contributed by atoms with Crippen molar-refractivity contribution in [3.8, 4) is 0 Å². The van der Waals surface area contributed by atoms with Crippen molar-refractivity contribution in [3.63, 3.8) is 0 Å². The van der Waals surface area contributed by atoms with Gasteiger partial charge in [-0.05, 0) is 37.8 Å². The molecule has 0 spiro atoms. The smallest absolute Gasteiger partial charge is 0.134 e. The number of aryl methyl sites for hydroxylation is 1. The second-order valence-electron chi connectivity index (χ2n) is 5.98. The fourth-order valence-electron chi connectivity index (χ4n) is 2.80. The van der Waals surface area contributed by atoms with Crippen LogP contribution in [0.4, 0.5) is 0 Å². The molecule has 0 fully saturated rings. The van der Waals surface area contributed by atoms with E-state index in [9.17, 15) is 5.11 Å². The van der Waals surface area contributed by atoms with Crippen LogP contribution in [0.25, 0.3) is 11.0 Å². The highest BCUT2D eigenvalue weighted by Gasteiger charge is 2.19. The molecular formula is C17H25NO2. The molecule has 0 amide bonds. The van der Waals surface area contributed by atoms with Crippen molar-refractivity contribution in [1.29, 1.82) is 0 Å². The summed E-state index contributed by atoms with van der Waals surface area (Å²) in [6.45, 7) is 8.67. The van der Waals surface area contributed by atoms with Crippen molar-refractivity contribution in [2.24, 2.45) is 5.92 Å². The van der Waals surface area contributed by atoms with Gasteiger partial charge in [-0.1, -0.05) is 32.0 Å². The number of aliphatic hydroxyl groups excluding tert-OH is 1. The summed E-state index contributed by atoms with van der Waals surface area (Å²) < 4.78 is 5.97. The van der Waals surface area contributed by atoms with Gasteiger partial charge < -0.3 is 14.8 Å². The van der Waals surface area contributed by atoms with E-state index < -0.39 is 0 Å². The maximum atomic E-state index is 9.49. The summed E-state index contributed by atoms with van der Waals surface area (Å²) in [6, 6.07) is 8.30. The van der Waals surface area contributed by atoms with Crippen LogP contribution in [-0.2, 0) is 0 Å². The van der Waals surface area contributed by atoms with Gasteiger partial charge in [0.1, 0.15) is 11.3 Å². The highest BCUT2D eigenvalue weighted by molar-refractivity contribution is 5.82. The lowest BCUT2D eigenvalue weighted by Crippen LogP contribution is -2.35. The lowest BCUT2D eigenvalue weighted by atomic mass is 10.0. The van der Waals surface area contributed by atoms with Crippen molar-refractivity contribution in [2.45, 2.75) is 46.2 Å². The number of benzene rings is 1. The van der Waals surface area contributed by atoms with Crippen LogP contribution in [0.3, 0.4) is 0 Å². The Labute approximate surface area is 121 Å². The fraction of sp³-hybridized carbons (Fsp3) is 0.529. The molecule has 0 aliphatic carbocycles. The van der Waals surface area contributed by atoms with E-state index in [2.05, 4.69) is 39.1 Å². The number of nitrogens with one attached hydrogen (secondary N) is 1. The van der Waals surface area contributed by atoms with Crippen LogP contribution in [0.1, 0.15) is 44.6 Å². The number of aliphatic hydroxyl groups is 1. The molecule has 110 valence electrons. The SMILES string of the molecule is Cc1c(C(C)NC(CO)CC(C)C)oc2ccccc12. The van der Waals surface area contributed by atoms with Gasteiger partial charge in [0.25, 0.3) is 0 Å². The molecule has 0 bridgehead atoms. The predicted molar refractivity (Wildman–Crippen MR) is 82.8 cm³/mol. The van der Waals surface area contributed by atoms with Gasteiger partial charge in [0.05, 0.1) is 12.6 Å². The summed E-state index contributed by atoms with van der Waals surface area (Å²) in [5.41, 5.74) is 2.11. The molecular weight excluding hydrogens is 250 g/mol. The number of hydrogen-bond donors (Lipinski definition) is 2. The van der Waals surface area contributed by atoms with E-state index in [0.29, 0.717) is 5.92 Å². The van der Waals surface area contributed by atoms with E-state index in [4.69, 9.17) is 4.42 Å². The predicted octanol–water partition coefficient (Wildman–Crippen LogP) is 3.80. The third kappa shape index (κ3) is 3.22. The summed E-state index contributed by atoms with van der Waals surface area (Å²) in [7, 11) is 0. The molecule has 0 radical (unpaired) electrons. The van der Waals surface area contributed by atoms with E-state index in [1.54, 1.807) is 0 Å². The van der Waals surface area contributed by atoms with Gasteiger partial charge in [-0.3, -0.25) is 0 Å². The Kier molecular flexibility index (Phi) is 4.84. The van der Waals surface area contributed by atoms with Crippen molar-refractivity contribution < 1.29 is 9.52 Å². The second-order valence-corrected chi connectivity index (χ2v) is 5.98. The van der Waals surface area contributed by atoms with Gasteiger partial charge in [-0.15, -0.1) is 0 Å². The standard InChI is InChI=1S/C17H25NO2/c1-11(2)9-14(10-19)18-13(4)17-12(3)15-7-5-6-8-16(15)20-17/h5-8,11,13-14,18-19H,9-10H2,1-4H3. The molecule has 2 atom stereocenters. The van der Waals surface area contributed by atoms with E-state index in [1.165, 1.54) is 10.9 Å². The number of rotatable bonds is 6. The number of para-hydroxylation sites is 1. The molecule has 0 saturated heterocycles. The topological polar surface area (TPSA) is 45.4 Å². The summed E-state index contributed by atoms with van der Waals surface area (Å²) in [6.07, 6.45) is 0.958. The van der Waals surface area contributed by atoms with Crippen LogP contribution in [0.15, 0.2) is 28.7 Å². The zero-order chi connectivity index (χ0) is 14.7. The van der Waals surface area contributed by atoms with Crippen molar-refractivity contribution in [2.75, 3.05) is 6.61 Å². The Hall–Kier alpha value is -1.32. The molecule has 2 rings (SSSR count). The van der Waals surface area contributed by atoms with E-state index in [0.717, 1.165) is 17.8 Å². The van der Waals surface area contributed by atoms with Crippen molar-refractivity contribution in [3.05, 3.63) is 35.6 Å². The zero-order valence-corrected chi connectivity index (χ0v) is 12.8. The van der Waals surface area contributed by atoms with Gasteiger partial charge in [0, 0.05) is 11.4 Å². The second kappa shape index (κ2) is 6.42. The summed E-state index contributed by atoms with van der Waals surface area (Å²) in [5.74, 6) is 1.53. The first-order valence-electron chi connectivity index (χ1n) is 7.37. The normalized spacial score (nSPS) is 14.9. The summed E-state index contributed by atoms with van der Waals surface area (Å²) in [4.78, 5) is 0. The maximum Gasteiger partial charge on any atom is 0.134 e. The fourth-order valence-corrected chi connectivity index (χ4v) is 2.80. The van der Waals surface area contributed by atoms with Crippen LogP contribution in [0.5, 0.6) is 0 Å². The van der Waals surface area contributed by atoms with Gasteiger partial charge >= 0.3 is 0 Å². The minimum atomic E-state index is 0.0956. The highest BCUT2D eigenvalue weighted by atomic mass is 16.3. The first-order chi connectivity index (χ1) is 9.52. The first-order valence-corrected chi connectivity index (χ1v) is 7.37. The Balaban J connectivity index is 2.18. The first kappa shape index (κ1) is 15.1. The van der Waals surface area contributed by atoms with Crippen LogP contribution < -0.4 is 5.32 Å². The molecule has 2 unspecified atom stereocenters. The van der Waals surface area contributed by atoms with Gasteiger partial charge in [0.15, 0.2) is 0 Å². The Morgan fingerprint density at radius 3 is 2.50 bits per heavy atom.